The van der Waals surface area contributed by atoms with E-state index in [-0.39, 0.29) is 18.7 Å². The number of fused-ring (bicyclic) bond motifs is 1. The molecule has 35 heavy (non-hydrogen) atoms. The fourth-order valence-electron chi connectivity index (χ4n) is 3.74. The van der Waals surface area contributed by atoms with Crippen molar-refractivity contribution < 1.29 is 22.6 Å². The maximum absolute atomic E-state index is 12.7. The van der Waals surface area contributed by atoms with Gasteiger partial charge in [-0.05, 0) is 24.6 Å². The Labute approximate surface area is 203 Å². The van der Waals surface area contributed by atoms with Crippen molar-refractivity contribution in [2.45, 2.75) is 51.1 Å². The summed E-state index contributed by atoms with van der Waals surface area (Å²) in [5.41, 5.74) is 2.11. The lowest BCUT2D eigenvalue weighted by molar-refractivity contribution is -0.115. The summed E-state index contributed by atoms with van der Waals surface area (Å²) >= 11 is 0. The molecule has 3 aromatic rings. The summed E-state index contributed by atoms with van der Waals surface area (Å²) in [4.78, 5) is 12.8. The number of nitrogens with one attached hydrogen (secondary N) is 2. The molecule has 190 valence electrons. The number of ether oxygens (including phenoxy) is 2. The number of pyridine rings is 1. The van der Waals surface area contributed by atoms with E-state index in [9.17, 15) is 13.2 Å². The Kier molecular flexibility index (Phi) is 7.62. The molecule has 0 amide bonds. The number of hydrogen-bond donors (Lipinski definition) is 2. The van der Waals surface area contributed by atoms with Crippen molar-refractivity contribution in [3.05, 3.63) is 30.6 Å². The zero-order chi connectivity index (χ0) is 25.1. The van der Waals surface area contributed by atoms with E-state index in [2.05, 4.69) is 45.2 Å². The number of alkyl halides is 3. The van der Waals surface area contributed by atoms with Crippen molar-refractivity contribution in [1.29, 1.82) is 0 Å². The van der Waals surface area contributed by atoms with Gasteiger partial charge in [0.1, 0.15) is 19.1 Å². The summed E-state index contributed by atoms with van der Waals surface area (Å²) in [6, 6.07) is 6.79. The first kappa shape index (κ1) is 25.4. The maximum atomic E-state index is 12.7. The Balaban J connectivity index is 1.64. The van der Waals surface area contributed by atoms with Crippen LogP contribution in [0.2, 0.25) is 25.7 Å². The first-order chi connectivity index (χ1) is 16.6. The normalized spacial score (nSPS) is 16.7. The highest BCUT2D eigenvalue weighted by Crippen LogP contribution is 2.29. The maximum Gasteiger partial charge on any atom is 0.405 e. The number of hydrogen-bond acceptors (Lipinski definition) is 7. The zero-order valence-electron chi connectivity index (χ0n) is 20.2. The first-order valence-corrected chi connectivity index (χ1v) is 15.3. The molecule has 3 aromatic heterocycles. The van der Waals surface area contributed by atoms with Crippen LogP contribution in [0.5, 0.6) is 0 Å². The third-order valence-corrected chi connectivity index (χ3v) is 7.35. The second-order valence-electron chi connectivity index (χ2n) is 9.87. The average molecular weight is 509 g/mol. The minimum absolute atomic E-state index is 0.0852. The lowest BCUT2D eigenvalue weighted by Crippen LogP contribution is -2.22. The summed E-state index contributed by atoms with van der Waals surface area (Å²) in [7, 11) is -1.26. The highest BCUT2D eigenvalue weighted by atomic mass is 28.3. The van der Waals surface area contributed by atoms with Crippen LogP contribution >= 0.6 is 0 Å². The number of rotatable bonds is 10. The smallest absolute Gasteiger partial charge is 0.379 e. The quantitative estimate of drug-likeness (QED) is 0.295. The van der Waals surface area contributed by atoms with Crippen LogP contribution in [0.4, 0.5) is 24.9 Å². The molecule has 1 fully saturated rings. The molecular formula is C23H31F3N6O2Si. The molecule has 1 saturated heterocycles. The zero-order valence-corrected chi connectivity index (χ0v) is 21.2. The molecule has 8 nitrogen and oxygen atoms in total. The topological polar surface area (TPSA) is 86.1 Å². The molecule has 1 unspecified atom stereocenters. The van der Waals surface area contributed by atoms with Gasteiger partial charge in [-0.1, -0.05) is 19.6 Å². The van der Waals surface area contributed by atoms with Gasteiger partial charge in [0.2, 0.25) is 5.95 Å². The van der Waals surface area contributed by atoms with Crippen LogP contribution in [0.15, 0.2) is 30.6 Å². The minimum atomic E-state index is -4.36. The van der Waals surface area contributed by atoms with Crippen LogP contribution in [0.3, 0.4) is 0 Å². The summed E-state index contributed by atoms with van der Waals surface area (Å²) in [5.74, 6) is 0.647. The van der Waals surface area contributed by atoms with Gasteiger partial charge in [-0.25, -0.2) is 15.0 Å². The predicted octanol–water partition coefficient (Wildman–Crippen LogP) is 4.98. The summed E-state index contributed by atoms with van der Waals surface area (Å²) in [6.45, 7) is 7.95. The number of anilines is 2. The van der Waals surface area contributed by atoms with Gasteiger partial charge in [0.15, 0.2) is 0 Å². The summed E-state index contributed by atoms with van der Waals surface area (Å²) in [5, 5.41) is 6.54. The number of aromatic nitrogens is 4. The second kappa shape index (κ2) is 10.5. The van der Waals surface area contributed by atoms with E-state index in [0.717, 1.165) is 35.8 Å². The van der Waals surface area contributed by atoms with E-state index in [1.54, 1.807) is 12.3 Å². The molecule has 0 radical (unpaired) electrons. The van der Waals surface area contributed by atoms with Gasteiger partial charge in [0, 0.05) is 45.1 Å². The predicted molar refractivity (Wildman–Crippen MR) is 132 cm³/mol. The lowest BCUT2D eigenvalue weighted by atomic mass is 10.2. The molecule has 0 bridgehead atoms. The monoisotopic (exact) mass is 508 g/mol. The molecular weight excluding hydrogens is 477 g/mol. The Morgan fingerprint density at radius 3 is 2.77 bits per heavy atom. The van der Waals surface area contributed by atoms with Gasteiger partial charge >= 0.3 is 6.18 Å². The third-order valence-electron chi connectivity index (χ3n) is 5.65. The van der Waals surface area contributed by atoms with E-state index >= 15 is 0 Å². The third kappa shape index (κ3) is 7.15. The van der Waals surface area contributed by atoms with E-state index in [1.165, 1.54) is 6.20 Å². The van der Waals surface area contributed by atoms with Crippen LogP contribution in [0, 0.1) is 0 Å². The van der Waals surface area contributed by atoms with Crippen LogP contribution in [-0.4, -0.2) is 66.2 Å². The van der Waals surface area contributed by atoms with Crippen LogP contribution in [-0.2, 0) is 16.2 Å². The van der Waals surface area contributed by atoms with Crippen LogP contribution < -0.4 is 10.6 Å². The molecule has 4 rings (SSSR count). The molecule has 0 aliphatic carbocycles. The van der Waals surface area contributed by atoms with Crippen LogP contribution in [0.25, 0.3) is 22.3 Å². The molecule has 1 aliphatic heterocycles. The largest absolute Gasteiger partial charge is 0.405 e. The van der Waals surface area contributed by atoms with Crippen molar-refractivity contribution >= 4 is 30.7 Å². The lowest BCUT2D eigenvalue weighted by Gasteiger charge is -2.17. The number of halogens is 3. The van der Waals surface area contributed by atoms with Crippen molar-refractivity contribution in [3.63, 3.8) is 0 Å². The molecule has 1 atom stereocenters. The van der Waals surface area contributed by atoms with Gasteiger partial charge in [0.25, 0.3) is 0 Å². The molecule has 0 saturated carbocycles. The fraction of sp³-hybridized carbons (Fsp3) is 0.522. The minimum Gasteiger partial charge on any atom is -0.379 e. The van der Waals surface area contributed by atoms with Crippen molar-refractivity contribution in [2.75, 3.05) is 37.0 Å². The van der Waals surface area contributed by atoms with E-state index in [1.807, 2.05) is 16.7 Å². The fourth-order valence-corrected chi connectivity index (χ4v) is 4.50. The van der Waals surface area contributed by atoms with Crippen molar-refractivity contribution in [2.24, 2.45) is 0 Å². The standard InChI is InChI=1S/C23H31F3N6O2Si/c1-35(2,3)9-8-34-15-32-19-11-21(30-17-5-7-33-13-17)28-12-16(19)10-20(32)18-4-6-27-22(31-18)29-14-23(24,25)26/h4,6,10-12,17H,5,7-9,13-15H2,1-3H3,(H,28,30)(H,27,29,31). The van der Waals surface area contributed by atoms with E-state index < -0.39 is 20.8 Å². The Morgan fingerprint density at radius 1 is 1.23 bits per heavy atom. The van der Waals surface area contributed by atoms with Gasteiger partial charge in [-0.2, -0.15) is 13.2 Å². The molecule has 12 heteroatoms. The molecule has 1 aliphatic rings. The second-order valence-corrected chi connectivity index (χ2v) is 15.5. The molecule has 4 heterocycles. The Morgan fingerprint density at radius 2 is 2.06 bits per heavy atom. The summed E-state index contributed by atoms with van der Waals surface area (Å²) < 4.78 is 51.4. The van der Waals surface area contributed by atoms with E-state index in [0.29, 0.717) is 24.6 Å². The summed E-state index contributed by atoms with van der Waals surface area (Å²) in [6.07, 6.45) is -0.224. The van der Waals surface area contributed by atoms with Gasteiger partial charge in [-0.15, -0.1) is 0 Å². The Hall–Kier alpha value is -2.70. The SMILES string of the molecule is C[Si](C)(C)CCOCn1c(-c2ccnc(NCC(F)(F)F)n2)cc2cnc(NC3CCOC3)cc21. The van der Waals surface area contributed by atoms with Gasteiger partial charge in [-0.3, -0.25) is 0 Å². The highest BCUT2D eigenvalue weighted by molar-refractivity contribution is 6.76. The molecule has 0 aromatic carbocycles. The molecule has 2 N–H and O–H groups in total. The van der Waals surface area contributed by atoms with Crippen LogP contribution in [0.1, 0.15) is 6.42 Å². The van der Waals surface area contributed by atoms with Crippen molar-refractivity contribution in [1.82, 2.24) is 19.5 Å². The van der Waals surface area contributed by atoms with E-state index in [4.69, 9.17) is 9.47 Å². The average Bonchev–Trinajstić information content (AvgIpc) is 3.42. The van der Waals surface area contributed by atoms with Gasteiger partial charge < -0.3 is 24.7 Å². The number of nitrogens with zero attached hydrogens (tertiary/aromatic N) is 4. The van der Waals surface area contributed by atoms with Crippen molar-refractivity contribution in [3.8, 4) is 11.4 Å². The highest BCUT2D eigenvalue weighted by Gasteiger charge is 2.27. The first-order valence-electron chi connectivity index (χ1n) is 11.6. The Bertz CT molecular complexity index is 1140. The van der Waals surface area contributed by atoms with Gasteiger partial charge in [0.05, 0.1) is 29.6 Å². The molecule has 0 spiro atoms.